The molecule has 0 unspecified atom stereocenters. The fraction of sp³-hybridized carbons (Fsp3) is 0.385. The fourth-order valence-corrected chi connectivity index (χ4v) is 1.33. The largest absolute Gasteiger partial charge is 0.469 e. The van der Waals surface area contributed by atoms with Crippen molar-refractivity contribution in [2.45, 2.75) is 20.0 Å². The Balaban J connectivity index is 2.33. The zero-order chi connectivity index (χ0) is 12.7. The Hall–Kier alpha value is -1.84. The number of hydrogen-bond acceptors (Lipinski definition) is 4. The topological polar surface area (TPSA) is 52.6 Å². The maximum Gasteiger partial charge on any atom is 0.308 e. The van der Waals surface area contributed by atoms with Gasteiger partial charge in [-0.3, -0.25) is 9.59 Å². The molecule has 0 radical (unpaired) electrons. The van der Waals surface area contributed by atoms with Crippen molar-refractivity contribution >= 4 is 11.9 Å². The minimum absolute atomic E-state index is 0.0412. The second kappa shape index (κ2) is 6.68. The molecule has 4 nitrogen and oxygen atoms in total. The Labute approximate surface area is 101 Å². The van der Waals surface area contributed by atoms with Gasteiger partial charge in [-0.15, -0.1) is 0 Å². The van der Waals surface area contributed by atoms with Crippen molar-refractivity contribution in [1.29, 1.82) is 0 Å². The fourth-order valence-electron chi connectivity index (χ4n) is 1.33. The number of ether oxygens (including phenoxy) is 2. The van der Waals surface area contributed by atoms with Crippen molar-refractivity contribution in [2.75, 3.05) is 7.11 Å². The van der Waals surface area contributed by atoms with E-state index in [0.29, 0.717) is 0 Å². The third kappa shape index (κ3) is 4.68. The van der Waals surface area contributed by atoms with Gasteiger partial charge in [0.1, 0.15) is 6.61 Å². The van der Waals surface area contributed by atoms with Gasteiger partial charge in [0.15, 0.2) is 0 Å². The van der Waals surface area contributed by atoms with E-state index in [-0.39, 0.29) is 13.0 Å². The molecule has 0 amide bonds. The van der Waals surface area contributed by atoms with Crippen LogP contribution in [-0.2, 0) is 25.7 Å². The van der Waals surface area contributed by atoms with Gasteiger partial charge >= 0.3 is 11.9 Å². The predicted molar refractivity (Wildman–Crippen MR) is 62.0 cm³/mol. The van der Waals surface area contributed by atoms with Gasteiger partial charge in [-0.2, -0.15) is 0 Å². The molecule has 0 N–H and O–H groups in total. The summed E-state index contributed by atoms with van der Waals surface area (Å²) in [4.78, 5) is 22.5. The first kappa shape index (κ1) is 13.2. The summed E-state index contributed by atoms with van der Waals surface area (Å²) >= 11 is 0. The van der Waals surface area contributed by atoms with Crippen LogP contribution in [-0.4, -0.2) is 19.0 Å². The van der Waals surface area contributed by atoms with Crippen molar-refractivity contribution in [3.63, 3.8) is 0 Å². The molecule has 1 aromatic carbocycles. The van der Waals surface area contributed by atoms with E-state index >= 15 is 0 Å². The average molecular weight is 236 g/mol. The highest BCUT2D eigenvalue weighted by atomic mass is 16.5. The van der Waals surface area contributed by atoms with E-state index in [4.69, 9.17) is 4.74 Å². The van der Waals surface area contributed by atoms with Crippen LogP contribution in [0.3, 0.4) is 0 Å². The third-order valence-corrected chi connectivity index (χ3v) is 2.32. The lowest BCUT2D eigenvalue weighted by atomic mass is 10.1. The van der Waals surface area contributed by atoms with Gasteiger partial charge in [-0.25, -0.2) is 0 Å². The summed E-state index contributed by atoms with van der Waals surface area (Å²) in [6, 6.07) is 9.39. The standard InChI is InChI=1S/C13H16O4/c1-10(13(15)16-2)8-12(14)17-9-11-6-4-3-5-7-11/h3-7,10H,8-9H2,1-2H3/t10-/m1/s1. The number of esters is 2. The first-order valence-electron chi connectivity index (χ1n) is 5.41. The van der Waals surface area contributed by atoms with E-state index in [2.05, 4.69) is 4.74 Å². The van der Waals surface area contributed by atoms with Crippen LogP contribution in [0.5, 0.6) is 0 Å². The second-order valence-electron chi connectivity index (χ2n) is 3.77. The Bertz CT molecular complexity index is 372. The molecule has 0 bridgehead atoms. The summed E-state index contributed by atoms with van der Waals surface area (Å²) in [6.45, 7) is 1.86. The zero-order valence-electron chi connectivity index (χ0n) is 10.0. The summed E-state index contributed by atoms with van der Waals surface area (Å²) in [7, 11) is 1.30. The van der Waals surface area contributed by atoms with Gasteiger partial charge in [0.2, 0.25) is 0 Å². The van der Waals surface area contributed by atoms with Gasteiger partial charge in [0, 0.05) is 0 Å². The van der Waals surface area contributed by atoms with Crippen LogP contribution >= 0.6 is 0 Å². The van der Waals surface area contributed by atoms with Gasteiger partial charge < -0.3 is 9.47 Å². The van der Waals surface area contributed by atoms with E-state index in [9.17, 15) is 9.59 Å². The van der Waals surface area contributed by atoms with Crippen LogP contribution < -0.4 is 0 Å². The van der Waals surface area contributed by atoms with Crippen LogP contribution in [0.25, 0.3) is 0 Å². The summed E-state index contributed by atoms with van der Waals surface area (Å²) < 4.78 is 9.58. The van der Waals surface area contributed by atoms with E-state index in [1.807, 2.05) is 30.3 Å². The highest BCUT2D eigenvalue weighted by molar-refractivity contribution is 5.79. The Morgan fingerprint density at radius 2 is 1.88 bits per heavy atom. The number of hydrogen-bond donors (Lipinski definition) is 0. The summed E-state index contributed by atoms with van der Waals surface area (Å²) in [5.41, 5.74) is 0.923. The Kier molecular flexibility index (Phi) is 5.20. The normalized spacial score (nSPS) is 11.6. The lowest BCUT2D eigenvalue weighted by Gasteiger charge is -2.09. The molecule has 4 heteroatoms. The van der Waals surface area contributed by atoms with Gasteiger partial charge in [0.25, 0.3) is 0 Å². The highest BCUT2D eigenvalue weighted by Gasteiger charge is 2.18. The first-order valence-corrected chi connectivity index (χ1v) is 5.41. The molecule has 0 spiro atoms. The quantitative estimate of drug-likeness (QED) is 0.733. The van der Waals surface area contributed by atoms with Crippen molar-refractivity contribution in [1.82, 2.24) is 0 Å². The minimum atomic E-state index is -0.469. The molecule has 0 saturated carbocycles. The lowest BCUT2D eigenvalue weighted by Crippen LogP contribution is -2.18. The molecule has 1 aromatic rings. The van der Waals surface area contributed by atoms with Crippen molar-refractivity contribution in [3.05, 3.63) is 35.9 Å². The predicted octanol–water partition coefficient (Wildman–Crippen LogP) is 1.93. The van der Waals surface area contributed by atoms with Crippen LogP contribution in [0, 0.1) is 5.92 Å². The molecule has 0 aliphatic rings. The average Bonchev–Trinajstić information content (AvgIpc) is 2.36. The highest BCUT2D eigenvalue weighted by Crippen LogP contribution is 2.07. The Morgan fingerprint density at radius 3 is 2.47 bits per heavy atom. The SMILES string of the molecule is COC(=O)[C@H](C)CC(=O)OCc1ccccc1. The maximum atomic E-state index is 11.4. The van der Waals surface area contributed by atoms with E-state index in [1.54, 1.807) is 6.92 Å². The number of carbonyl (C=O) groups is 2. The molecule has 17 heavy (non-hydrogen) atoms. The summed E-state index contributed by atoms with van der Waals surface area (Å²) in [5.74, 6) is -1.27. The molecular formula is C13H16O4. The molecule has 0 fully saturated rings. The Morgan fingerprint density at radius 1 is 1.24 bits per heavy atom. The summed E-state index contributed by atoms with van der Waals surface area (Å²) in [5, 5.41) is 0. The van der Waals surface area contributed by atoms with Crippen LogP contribution in [0.2, 0.25) is 0 Å². The minimum Gasteiger partial charge on any atom is -0.469 e. The number of methoxy groups -OCH3 is 1. The van der Waals surface area contributed by atoms with Crippen LogP contribution in [0.4, 0.5) is 0 Å². The molecule has 1 rings (SSSR count). The molecule has 92 valence electrons. The number of benzene rings is 1. The second-order valence-corrected chi connectivity index (χ2v) is 3.77. The van der Waals surface area contributed by atoms with Gasteiger partial charge in [0.05, 0.1) is 19.4 Å². The smallest absolute Gasteiger partial charge is 0.308 e. The monoisotopic (exact) mass is 236 g/mol. The molecule has 0 aliphatic heterocycles. The van der Waals surface area contributed by atoms with Crippen molar-refractivity contribution in [3.8, 4) is 0 Å². The van der Waals surface area contributed by atoms with Crippen LogP contribution in [0.1, 0.15) is 18.9 Å². The summed E-state index contributed by atoms with van der Waals surface area (Å²) in [6.07, 6.45) is 0.0412. The molecule has 1 atom stereocenters. The van der Waals surface area contributed by atoms with Gasteiger partial charge in [-0.05, 0) is 5.56 Å². The lowest BCUT2D eigenvalue weighted by molar-refractivity contribution is -0.153. The van der Waals surface area contributed by atoms with Crippen LogP contribution in [0.15, 0.2) is 30.3 Å². The van der Waals surface area contributed by atoms with E-state index in [0.717, 1.165) is 5.56 Å². The zero-order valence-corrected chi connectivity index (χ0v) is 10.0. The molecule has 0 aromatic heterocycles. The van der Waals surface area contributed by atoms with Gasteiger partial charge in [-0.1, -0.05) is 37.3 Å². The van der Waals surface area contributed by atoms with Crippen molar-refractivity contribution in [2.24, 2.45) is 5.92 Å². The molecule has 0 aliphatic carbocycles. The molecule has 0 heterocycles. The third-order valence-electron chi connectivity index (χ3n) is 2.32. The maximum absolute atomic E-state index is 11.4. The van der Waals surface area contributed by atoms with E-state index < -0.39 is 17.9 Å². The van der Waals surface area contributed by atoms with Crippen molar-refractivity contribution < 1.29 is 19.1 Å². The number of carbonyl (C=O) groups excluding carboxylic acids is 2. The molecular weight excluding hydrogens is 220 g/mol. The first-order chi connectivity index (χ1) is 8.13. The van der Waals surface area contributed by atoms with E-state index in [1.165, 1.54) is 7.11 Å². The number of rotatable bonds is 5. The molecule has 0 saturated heterocycles.